The van der Waals surface area contributed by atoms with E-state index in [-0.39, 0.29) is 11.8 Å². The second kappa shape index (κ2) is 9.89. The number of quaternary nitrogens is 1. The molecule has 29 heavy (non-hydrogen) atoms. The predicted octanol–water partition coefficient (Wildman–Crippen LogP) is 3.05. The van der Waals surface area contributed by atoms with Gasteiger partial charge in [-0.2, -0.15) is 0 Å². The molecule has 1 aromatic heterocycles. The molecule has 3 rings (SSSR count). The number of hydrogen-bond acceptors (Lipinski definition) is 4. The van der Waals surface area contributed by atoms with Crippen LogP contribution in [0.2, 0.25) is 0 Å². The predicted molar refractivity (Wildman–Crippen MR) is 117 cm³/mol. The molecule has 4 N–H and O–H groups in total. The van der Waals surface area contributed by atoms with Gasteiger partial charge in [-0.05, 0) is 56.0 Å². The van der Waals surface area contributed by atoms with Crippen molar-refractivity contribution in [2.24, 2.45) is 5.92 Å². The molecular formula is C22H30N3O3S+. The Bertz CT molecular complexity index is 859. The third-order valence-corrected chi connectivity index (χ3v) is 6.00. The van der Waals surface area contributed by atoms with Crippen molar-refractivity contribution in [3.63, 3.8) is 0 Å². The standard InChI is InChI=1S/C22H29N3O3S/c1-4-28-16-10-8-15(9-11-16)24-21(27)20-17-6-5-7-18(17)29-22(20)25-19(26)13-23-12-14(2)3/h8-11,14,23H,4-7,12-13H2,1-3H3,(H,24,27)(H,25,26)/p+1. The van der Waals surface area contributed by atoms with Crippen molar-refractivity contribution < 1.29 is 19.6 Å². The van der Waals surface area contributed by atoms with Gasteiger partial charge in [0.1, 0.15) is 10.8 Å². The lowest BCUT2D eigenvalue weighted by Crippen LogP contribution is -2.87. The molecule has 1 heterocycles. The van der Waals surface area contributed by atoms with Crippen LogP contribution in [0.25, 0.3) is 0 Å². The molecule has 0 aliphatic heterocycles. The van der Waals surface area contributed by atoms with Crippen LogP contribution in [0.3, 0.4) is 0 Å². The van der Waals surface area contributed by atoms with Gasteiger partial charge in [-0.1, -0.05) is 13.8 Å². The fourth-order valence-corrected chi connectivity index (χ4v) is 4.76. The topological polar surface area (TPSA) is 84.0 Å². The lowest BCUT2D eigenvalue weighted by atomic mass is 10.1. The van der Waals surface area contributed by atoms with Gasteiger partial charge >= 0.3 is 0 Å². The van der Waals surface area contributed by atoms with E-state index in [0.717, 1.165) is 37.1 Å². The second-order valence-corrected chi connectivity index (χ2v) is 8.75. The number of fused-ring (bicyclic) bond motifs is 1. The molecule has 0 spiro atoms. The molecule has 0 bridgehead atoms. The molecule has 2 aromatic rings. The number of carbonyl (C=O) groups is 2. The third kappa shape index (κ3) is 5.58. The number of benzene rings is 1. The van der Waals surface area contributed by atoms with Gasteiger partial charge in [0, 0.05) is 16.5 Å². The molecule has 0 unspecified atom stereocenters. The van der Waals surface area contributed by atoms with Gasteiger partial charge in [0.2, 0.25) is 0 Å². The Balaban J connectivity index is 1.72. The Morgan fingerprint density at radius 3 is 2.62 bits per heavy atom. The molecule has 156 valence electrons. The lowest BCUT2D eigenvalue weighted by Gasteiger charge is -2.10. The summed E-state index contributed by atoms with van der Waals surface area (Å²) in [6.07, 6.45) is 2.91. The van der Waals surface area contributed by atoms with Crippen LogP contribution in [0.5, 0.6) is 5.75 Å². The van der Waals surface area contributed by atoms with E-state index < -0.39 is 0 Å². The number of anilines is 2. The number of thiophene rings is 1. The number of amides is 2. The average Bonchev–Trinajstić information content (AvgIpc) is 3.23. The van der Waals surface area contributed by atoms with E-state index in [1.807, 2.05) is 36.5 Å². The minimum absolute atomic E-state index is 0.0688. The maximum atomic E-state index is 13.1. The normalized spacial score (nSPS) is 12.7. The van der Waals surface area contributed by atoms with Crippen LogP contribution in [-0.4, -0.2) is 31.5 Å². The SMILES string of the molecule is CCOc1ccc(NC(=O)c2c(NC(=O)C[NH2+]CC(C)C)sc3c2CCC3)cc1. The molecule has 0 atom stereocenters. The molecule has 2 amide bonds. The van der Waals surface area contributed by atoms with Crippen LogP contribution in [0, 0.1) is 5.92 Å². The quantitative estimate of drug-likeness (QED) is 0.587. The Labute approximate surface area is 176 Å². The van der Waals surface area contributed by atoms with Gasteiger partial charge in [0.15, 0.2) is 6.54 Å². The summed E-state index contributed by atoms with van der Waals surface area (Å²) in [5.41, 5.74) is 2.41. The number of aryl methyl sites for hydroxylation is 1. The zero-order chi connectivity index (χ0) is 20.8. The maximum Gasteiger partial charge on any atom is 0.280 e. The first-order valence-electron chi connectivity index (χ1n) is 10.3. The third-order valence-electron chi connectivity index (χ3n) is 4.79. The van der Waals surface area contributed by atoms with Gasteiger partial charge in [0.05, 0.1) is 18.7 Å². The minimum atomic E-state index is -0.171. The number of rotatable bonds is 9. The monoisotopic (exact) mass is 416 g/mol. The Hall–Kier alpha value is -2.38. The largest absolute Gasteiger partial charge is 0.494 e. The van der Waals surface area contributed by atoms with Gasteiger partial charge in [-0.25, -0.2) is 0 Å². The molecule has 0 saturated carbocycles. The van der Waals surface area contributed by atoms with Gasteiger partial charge in [-0.3, -0.25) is 9.59 Å². The molecule has 0 fully saturated rings. The first kappa shape index (κ1) is 21.3. The van der Waals surface area contributed by atoms with Gasteiger partial charge in [0.25, 0.3) is 11.8 Å². The zero-order valence-electron chi connectivity index (χ0n) is 17.3. The first-order chi connectivity index (χ1) is 14.0. The lowest BCUT2D eigenvalue weighted by molar-refractivity contribution is -0.648. The van der Waals surface area contributed by atoms with Crippen LogP contribution >= 0.6 is 11.3 Å². The zero-order valence-corrected chi connectivity index (χ0v) is 18.2. The fraction of sp³-hybridized carbons (Fsp3) is 0.455. The van der Waals surface area contributed by atoms with Crippen LogP contribution in [0.15, 0.2) is 24.3 Å². The molecular weight excluding hydrogens is 386 g/mol. The summed E-state index contributed by atoms with van der Waals surface area (Å²) in [6, 6.07) is 7.33. The van der Waals surface area contributed by atoms with E-state index in [1.165, 1.54) is 16.2 Å². The van der Waals surface area contributed by atoms with E-state index in [2.05, 4.69) is 24.5 Å². The van der Waals surface area contributed by atoms with Gasteiger partial charge in [-0.15, -0.1) is 11.3 Å². The van der Waals surface area contributed by atoms with Crippen molar-refractivity contribution in [1.29, 1.82) is 0 Å². The summed E-state index contributed by atoms with van der Waals surface area (Å²) in [6.45, 7) is 8.05. The smallest absolute Gasteiger partial charge is 0.280 e. The van der Waals surface area contributed by atoms with E-state index in [1.54, 1.807) is 0 Å². The summed E-state index contributed by atoms with van der Waals surface area (Å²) >= 11 is 1.54. The van der Waals surface area contributed by atoms with Crippen LogP contribution in [0.1, 0.15) is 48.0 Å². The molecule has 7 heteroatoms. The summed E-state index contributed by atoms with van der Waals surface area (Å²) < 4.78 is 5.45. The van der Waals surface area contributed by atoms with E-state index in [9.17, 15) is 9.59 Å². The number of nitrogens with two attached hydrogens (primary N) is 1. The number of hydrogen-bond donors (Lipinski definition) is 3. The molecule has 0 radical (unpaired) electrons. The number of nitrogens with one attached hydrogen (secondary N) is 2. The summed E-state index contributed by atoms with van der Waals surface area (Å²) in [7, 11) is 0. The average molecular weight is 417 g/mol. The molecule has 1 aromatic carbocycles. The summed E-state index contributed by atoms with van der Waals surface area (Å²) in [4.78, 5) is 26.6. The molecule has 1 aliphatic rings. The van der Waals surface area contributed by atoms with Crippen molar-refractivity contribution in [2.75, 3.05) is 30.3 Å². The molecule has 0 saturated heterocycles. The Morgan fingerprint density at radius 2 is 1.93 bits per heavy atom. The van der Waals surface area contributed by atoms with Crippen LogP contribution in [-0.2, 0) is 17.6 Å². The van der Waals surface area contributed by atoms with Crippen LogP contribution in [0.4, 0.5) is 10.7 Å². The minimum Gasteiger partial charge on any atom is -0.494 e. The van der Waals surface area contributed by atoms with Crippen molar-refractivity contribution in [3.8, 4) is 5.75 Å². The van der Waals surface area contributed by atoms with E-state index >= 15 is 0 Å². The Kier molecular flexibility index (Phi) is 7.28. The summed E-state index contributed by atoms with van der Waals surface area (Å²) in [5, 5.41) is 8.61. The van der Waals surface area contributed by atoms with Crippen molar-refractivity contribution >= 4 is 33.8 Å². The number of ether oxygens (including phenoxy) is 1. The highest BCUT2D eigenvalue weighted by Gasteiger charge is 2.27. The second-order valence-electron chi connectivity index (χ2n) is 7.64. The van der Waals surface area contributed by atoms with Gasteiger partial charge < -0.3 is 20.7 Å². The highest BCUT2D eigenvalue weighted by Crippen LogP contribution is 2.39. The van der Waals surface area contributed by atoms with Crippen molar-refractivity contribution in [3.05, 3.63) is 40.3 Å². The molecule has 6 nitrogen and oxygen atoms in total. The molecule has 1 aliphatic carbocycles. The first-order valence-corrected chi connectivity index (χ1v) is 11.1. The summed E-state index contributed by atoms with van der Waals surface area (Å²) in [5.74, 6) is 1.06. The van der Waals surface area contributed by atoms with Crippen LogP contribution < -0.4 is 20.7 Å². The highest BCUT2D eigenvalue weighted by molar-refractivity contribution is 7.17. The van der Waals surface area contributed by atoms with Crippen molar-refractivity contribution in [2.45, 2.75) is 40.0 Å². The number of carbonyl (C=O) groups excluding carboxylic acids is 2. The Morgan fingerprint density at radius 1 is 1.17 bits per heavy atom. The van der Waals surface area contributed by atoms with E-state index in [0.29, 0.717) is 35.3 Å². The highest BCUT2D eigenvalue weighted by atomic mass is 32.1. The maximum absolute atomic E-state index is 13.1. The van der Waals surface area contributed by atoms with E-state index in [4.69, 9.17) is 4.74 Å². The van der Waals surface area contributed by atoms with Crippen molar-refractivity contribution in [1.82, 2.24) is 0 Å². The fourth-order valence-electron chi connectivity index (χ4n) is 3.45.